The van der Waals surface area contributed by atoms with Crippen molar-refractivity contribution >= 4 is 6.08 Å². The lowest BCUT2D eigenvalue weighted by Gasteiger charge is -2.17. The maximum atomic E-state index is 3.40. The van der Waals surface area contributed by atoms with E-state index in [-0.39, 0.29) is 0 Å². The summed E-state index contributed by atoms with van der Waals surface area (Å²) in [6.45, 7) is 11.1. The van der Waals surface area contributed by atoms with E-state index in [1.807, 2.05) is 0 Å². The average molecular weight is 185 g/mol. The predicted octanol–water partition coefficient (Wildman–Crippen LogP) is 3.85. The minimum absolute atomic E-state index is 0.475. The molecule has 0 fully saturated rings. The highest BCUT2D eigenvalue weighted by Gasteiger charge is 2.20. The van der Waals surface area contributed by atoms with Gasteiger partial charge in [0, 0.05) is 5.92 Å². The Balaban J connectivity index is 2.82. The first-order valence-electron chi connectivity index (χ1n) is 5.23. The smallest absolute Gasteiger partial charge is 0.00729 e. The Hall–Kier alpha value is -1.04. The van der Waals surface area contributed by atoms with Crippen molar-refractivity contribution in [3.63, 3.8) is 0 Å². The molecule has 0 nitrogen and oxygen atoms in total. The zero-order valence-corrected chi connectivity index (χ0v) is 9.65. The van der Waals surface area contributed by atoms with Gasteiger partial charge < -0.3 is 0 Å². The molecule has 2 rings (SSSR count). The Bertz CT molecular complexity index is 422. The van der Waals surface area contributed by atoms with E-state index in [0.717, 1.165) is 0 Å². The largest absolute Gasteiger partial charge is 0.0543 e. The molecule has 0 bridgehead atoms. The van der Waals surface area contributed by atoms with Crippen LogP contribution in [0, 0.1) is 33.8 Å². The van der Waals surface area contributed by atoms with Crippen LogP contribution < -0.4 is 0 Å². The maximum Gasteiger partial charge on any atom is 0.00729 e. The molecule has 14 heavy (non-hydrogen) atoms. The maximum absolute atomic E-state index is 3.40. The zero-order chi connectivity index (χ0) is 10.5. The summed E-state index contributed by atoms with van der Waals surface area (Å²) in [5.41, 5.74) is 8.68. The first kappa shape index (κ1) is 9.51. The van der Waals surface area contributed by atoms with Gasteiger partial charge in [0.05, 0.1) is 0 Å². The predicted molar refractivity (Wildman–Crippen MR) is 61.5 cm³/mol. The van der Waals surface area contributed by atoms with E-state index >= 15 is 0 Å². The van der Waals surface area contributed by atoms with Gasteiger partial charge >= 0.3 is 0 Å². The number of fused-ring (bicyclic) bond motifs is 1. The van der Waals surface area contributed by atoms with Crippen molar-refractivity contribution in [2.75, 3.05) is 0 Å². The van der Waals surface area contributed by atoms with Crippen molar-refractivity contribution in [2.24, 2.45) is 0 Å². The fourth-order valence-electron chi connectivity index (χ4n) is 2.41. The average Bonchev–Trinajstić information content (AvgIpc) is 2.54. The number of benzene rings is 1. The molecule has 73 valence electrons. The van der Waals surface area contributed by atoms with E-state index in [0.29, 0.717) is 5.92 Å². The third-order valence-electron chi connectivity index (χ3n) is 3.70. The number of hydrogen-bond acceptors (Lipinski definition) is 0. The third-order valence-corrected chi connectivity index (χ3v) is 3.70. The molecule has 0 saturated heterocycles. The monoisotopic (exact) mass is 185 g/mol. The molecule has 1 aliphatic carbocycles. The molecule has 0 N–H and O–H groups in total. The molecule has 0 amide bonds. The number of hydrogen-bond donors (Lipinski definition) is 0. The van der Waals surface area contributed by atoms with Crippen molar-refractivity contribution in [3.05, 3.63) is 39.5 Å². The molecule has 1 atom stereocenters. The van der Waals surface area contributed by atoms with E-state index in [9.17, 15) is 0 Å². The molecule has 0 aromatic heterocycles. The van der Waals surface area contributed by atoms with Crippen molar-refractivity contribution in [1.82, 2.24) is 0 Å². The standard InChI is InChI=1S/C14H17/c1-8-6-7-13-11(4)9(2)10(3)12(5)14(8)13/h7-8H,1-5H3. The van der Waals surface area contributed by atoms with Crippen LogP contribution in [0.2, 0.25) is 0 Å². The summed E-state index contributed by atoms with van der Waals surface area (Å²) in [7, 11) is 0. The second-order valence-electron chi connectivity index (χ2n) is 4.36. The lowest BCUT2D eigenvalue weighted by atomic mass is 9.87. The zero-order valence-electron chi connectivity index (χ0n) is 9.65. The van der Waals surface area contributed by atoms with Gasteiger partial charge in [0.2, 0.25) is 0 Å². The first-order chi connectivity index (χ1) is 6.54. The molecule has 0 heterocycles. The van der Waals surface area contributed by atoms with Crippen LogP contribution in [0.3, 0.4) is 0 Å². The number of allylic oxidation sites excluding steroid dienone is 1. The van der Waals surface area contributed by atoms with Gasteiger partial charge in [-0.25, -0.2) is 0 Å². The highest BCUT2D eigenvalue weighted by Crippen LogP contribution is 2.37. The van der Waals surface area contributed by atoms with Crippen molar-refractivity contribution in [3.8, 4) is 0 Å². The summed E-state index contributed by atoms with van der Waals surface area (Å²) in [4.78, 5) is 0. The van der Waals surface area contributed by atoms with Crippen LogP contribution in [0.15, 0.2) is 0 Å². The van der Waals surface area contributed by atoms with E-state index in [1.165, 1.54) is 33.4 Å². The summed E-state index contributed by atoms with van der Waals surface area (Å²) in [5.74, 6) is 0.475. The third kappa shape index (κ3) is 1.06. The van der Waals surface area contributed by atoms with Gasteiger partial charge in [0.15, 0.2) is 0 Å². The SMILES string of the molecule is Cc1c(C)c(C)c2c(c1C)C=[C]C2C. The molecule has 1 aromatic rings. The molecule has 0 aliphatic heterocycles. The summed E-state index contributed by atoms with van der Waals surface area (Å²) in [5, 5.41) is 0. The Labute approximate surface area is 86.7 Å². The van der Waals surface area contributed by atoms with E-state index in [4.69, 9.17) is 0 Å². The Morgan fingerprint density at radius 1 is 0.929 bits per heavy atom. The summed E-state index contributed by atoms with van der Waals surface area (Å²) in [6, 6.07) is 0. The molecule has 1 aliphatic rings. The van der Waals surface area contributed by atoms with Gasteiger partial charge in [-0.1, -0.05) is 13.0 Å². The normalized spacial score (nSPS) is 18.8. The molecular formula is C14H17. The first-order valence-corrected chi connectivity index (χ1v) is 5.23. The van der Waals surface area contributed by atoms with Crippen molar-refractivity contribution in [2.45, 2.75) is 40.5 Å². The number of rotatable bonds is 0. The van der Waals surface area contributed by atoms with Gasteiger partial charge in [0.1, 0.15) is 0 Å². The topological polar surface area (TPSA) is 0 Å². The van der Waals surface area contributed by atoms with Crippen LogP contribution in [0.5, 0.6) is 0 Å². The highest BCUT2D eigenvalue weighted by molar-refractivity contribution is 5.68. The molecule has 1 unspecified atom stereocenters. The Morgan fingerprint density at radius 3 is 2.14 bits per heavy atom. The van der Waals surface area contributed by atoms with Gasteiger partial charge in [-0.2, -0.15) is 0 Å². The lowest BCUT2D eigenvalue weighted by molar-refractivity contribution is 0.939. The minimum atomic E-state index is 0.475. The molecule has 0 spiro atoms. The van der Waals surface area contributed by atoms with Crippen molar-refractivity contribution < 1.29 is 0 Å². The highest BCUT2D eigenvalue weighted by atomic mass is 14.2. The van der Waals surface area contributed by atoms with Gasteiger partial charge in [-0.15, -0.1) is 0 Å². The second kappa shape index (κ2) is 2.98. The van der Waals surface area contributed by atoms with E-state index in [2.05, 4.69) is 46.8 Å². The second-order valence-corrected chi connectivity index (χ2v) is 4.36. The van der Waals surface area contributed by atoms with Crippen LogP contribution in [-0.2, 0) is 0 Å². The molecule has 0 heteroatoms. The van der Waals surface area contributed by atoms with Crippen LogP contribution in [0.1, 0.15) is 46.2 Å². The Kier molecular flexibility index (Phi) is 2.02. The van der Waals surface area contributed by atoms with Crippen LogP contribution in [-0.4, -0.2) is 0 Å². The van der Waals surface area contributed by atoms with E-state index in [1.54, 1.807) is 0 Å². The minimum Gasteiger partial charge on any atom is -0.0543 e. The quantitative estimate of drug-likeness (QED) is 0.576. The Morgan fingerprint density at radius 2 is 1.50 bits per heavy atom. The molecule has 0 saturated carbocycles. The molecule has 1 radical (unpaired) electrons. The lowest BCUT2D eigenvalue weighted by Crippen LogP contribution is -2.01. The molecule has 1 aromatic carbocycles. The van der Waals surface area contributed by atoms with Gasteiger partial charge in [-0.05, 0) is 67.2 Å². The van der Waals surface area contributed by atoms with E-state index < -0.39 is 0 Å². The fraction of sp³-hybridized carbons (Fsp3) is 0.429. The van der Waals surface area contributed by atoms with Crippen LogP contribution >= 0.6 is 0 Å². The van der Waals surface area contributed by atoms with Gasteiger partial charge in [0.25, 0.3) is 0 Å². The fourth-order valence-corrected chi connectivity index (χ4v) is 2.41. The van der Waals surface area contributed by atoms with Crippen molar-refractivity contribution in [1.29, 1.82) is 0 Å². The summed E-state index contributed by atoms with van der Waals surface area (Å²) >= 11 is 0. The summed E-state index contributed by atoms with van der Waals surface area (Å²) in [6.07, 6.45) is 5.56. The molecular weight excluding hydrogens is 168 g/mol. The summed E-state index contributed by atoms with van der Waals surface area (Å²) < 4.78 is 0. The van der Waals surface area contributed by atoms with Gasteiger partial charge in [-0.3, -0.25) is 0 Å². The van der Waals surface area contributed by atoms with Crippen LogP contribution in [0.4, 0.5) is 0 Å². The van der Waals surface area contributed by atoms with Crippen LogP contribution in [0.25, 0.3) is 6.08 Å².